The second-order valence-corrected chi connectivity index (χ2v) is 6.71. The van der Waals surface area contributed by atoms with Crippen LogP contribution >= 0.6 is 15.9 Å². The average molecular weight is 314 g/mol. The molecule has 1 aliphatic rings. The van der Waals surface area contributed by atoms with Crippen molar-refractivity contribution >= 4 is 15.9 Å². The summed E-state index contributed by atoms with van der Waals surface area (Å²) >= 11 is 3.50. The molecule has 1 aromatic carbocycles. The van der Waals surface area contributed by atoms with Crippen molar-refractivity contribution in [1.29, 1.82) is 0 Å². The number of benzene rings is 1. The molecule has 0 unspecified atom stereocenters. The zero-order valence-electron chi connectivity index (χ0n) is 11.1. The van der Waals surface area contributed by atoms with Gasteiger partial charge in [-0.1, -0.05) is 40.9 Å². The van der Waals surface area contributed by atoms with E-state index in [2.05, 4.69) is 28.1 Å². The minimum absolute atomic E-state index is 0.113. The van der Waals surface area contributed by atoms with E-state index in [1.807, 2.05) is 6.07 Å². The highest BCUT2D eigenvalue weighted by molar-refractivity contribution is 9.10. The Hall–Kier alpha value is -0.410. The van der Waals surface area contributed by atoms with E-state index < -0.39 is 5.67 Å². The third kappa shape index (κ3) is 2.48. The van der Waals surface area contributed by atoms with E-state index in [1.165, 1.54) is 18.4 Å². The molecule has 1 aromatic rings. The lowest BCUT2D eigenvalue weighted by molar-refractivity contribution is 0.220. The maximum atomic E-state index is 14.0. The molecule has 1 fully saturated rings. The standard InChI is InChI=1S/C15H21BrFN/c1-14(2,17)12-6-5-11(9-13(12)16)15(10-18)7-3-4-8-15/h5-6,9H,3-4,7-8,10,18H2,1-2H3. The van der Waals surface area contributed by atoms with Gasteiger partial charge in [0.05, 0.1) is 0 Å². The predicted octanol–water partition coefficient (Wildman–Crippen LogP) is 4.42. The van der Waals surface area contributed by atoms with Crippen LogP contribution < -0.4 is 5.73 Å². The van der Waals surface area contributed by atoms with E-state index in [0.29, 0.717) is 12.1 Å². The van der Waals surface area contributed by atoms with Gasteiger partial charge in [0.1, 0.15) is 5.67 Å². The summed E-state index contributed by atoms with van der Waals surface area (Å²) < 4.78 is 14.9. The topological polar surface area (TPSA) is 26.0 Å². The molecule has 18 heavy (non-hydrogen) atoms. The van der Waals surface area contributed by atoms with Crippen molar-refractivity contribution in [1.82, 2.24) is 0 Å². The van der Waals surface area contributed by atoms with Crippen LogP contribution in [0.4, 0.5) is 4.39 Å². The molecule has 0 bridgehead atoms. The smallest absolute Gasteiger partial charge is 0.131 e. The van der Waals surface area contributed by atoms with Crippen molar-refractivity contribution in [3.63, 3.8) is 0 Å². The minimum atomic E-state index is -1.32. The number of hydrogen-bond acceptors (Lipinski definition) is 1. The van der Waals surface area contributed by atoms with Crippen LogP contribution in [0.3, 0.4) is 0 Å². The molecule has 1 nitrogen and oxygen atoms in total. The van der Waals surface area contributed by atoms with Gasteiger partial charge in [-0.3, -0.25) is 0 Å². The Kier molecular flexibility index (Phi) is 3.84. The summed E-state index contributed by atoms with van der Waals surface area (Å²) in [6.07, 6.45) is 4.78. The van der Waals surface area contributed by atoms with Crippen molar-refractivity contribution in [2.75, 3.05) is 6.54 Å². The molecular weight excluding hydrogens is 293 g/mol. The van der Waals surface area contributed by atoms with Crippen molar-refractivity contribution in [2.45, 2.75) is 50.6 Å². The average Bonchev–Trinajstić information content (AvgIpc) is 2.76. The van der Waals surface area contributed by atoms with Crippen molar-refractivity contribution in [3.05, 3.63) is 33.8 Å². The van der Waals surface area contributed by atoms with Gasteiger partial charge in [-0.2, -0.15) is 0 Å². The highest BCUT2D eigenvalue weighted by Crippen LogP contribution is 2.42. The molecule has 1 aliphatic carbocycles. The van der Waals surface area contributed by atoms with Crippen LogP contribution in [0.25, 0.3) is 0 Å². The molecule has 0 aromatic heterocycles. The largest absolute Gasteiger partial charge is 0.330 e. The monoisotopic (exact) mass is 313 g/mol. The molecule has 0 saturated heterocycles. The van der Waals surface area contributed by atoms with Gasteiger partial charge in [0.15, 0.2) is 0 Å². The zero-order valence-corrected chi connectivity index (χ0v) is 12.7. The quantitative estimate of drug-likeness (QED) is 0.878. The molecule has 100 valence electrons. The van der Waals surface area contributed by atoms with E-state index in [-0.39, 0.29) is 5.41 Å². The van der Waals surface area contributed by atoms with Gasteiger partial charge in [-0.05, 0) is 38.3 Å². The Labute approximate surface area is 117 Å². The number of hydrogen-bond donors (Lipinski definition) is 1. The fourth-order valence-corrected chi connectivity index (χ4v) is 3.84. The molecule has 0 radical (unpaired) electrons. The molecule has 0 heterocycles. The fraction of sp³-hybridized carbons (Fsp3) is 0.600. The number of rotatable bonds is 3. The van der Waals surface area contributed by atoms with Gasteiger partial charge in [0.2, 0.25) is 0 Å². The third-order valence-electron chi connectivity index (χ3n) is 4.17. The van der Waals surface area contributed by atoms with Crippen LogP contribution in [0.2, 0.25) is 0 Å². The summed E-state index contributed by atoms with van der Waals surface area (Å²) in [5, 5.41) is 0. The van der Waals surface area contributed by atoms with E-state index >= 15 is 0 Å². The first-order valence-corrected chi connectivity index (χ1v) is 7.38. The second kappa shape index (κ2) is 4.93. The molecule has 3 heteroatoms. The van der Waals surface area contributed by atoms with Crippen LogP contribution in [0.5, 0.6) is 0 Å². The number of halogens is 2. The minimum Gasteiger partial charge on any atom is -0.330 e. The summed E-state index contributed by atoms with van der Waals surface area (Å²) in [6.45, 7) is 3.85. The SMILES string of the molecule is CC(C)(F)c1ccc(C2(CN)CCCC2)cc1Br. The Morgan fingerprint density at radius 2 is 1.94 bits per heavy atom. The summed E-state index contributed by atoms with van der Waals surface area (Å²) in [6, 6.07) is 6.02. The van der Waals surface area contributed by atoms with E-state index in [4.69, 9.17) is 5.73 Å². The van der Waals surface area contributed by atoms with E-state index in [9.17, 15) is 4.39 Å². The molecule has 0 spiro atoms. The second-order valence-electron chi connectivity index (χ2n) is 5.86. The molecule has 1 saturated carbocycles. The van der Waals surface area contributed by atoms with Gasteiger partial charge in [0, 0.05) is 22.0 Å². The third-order valence-corrected chi connectivity index (χ3v) is 4.83. The Bertz CT molecular complexity index is 431. The maximum Gasteiger partial charge on any atom is 0.131 e. The summed E-state index contributed by atoms with van der Waals surface area (Å²) in [5.41, 5.74) is 6.74. The van der Waals surface area contributed by atoms with Crippen molar-refractivity contribution in [3.8, 4) is 0 Å². The van der Waals surface area contributed by atoms with E-state index in [1.54, 1.807) is 13.8 Å². The molecule has 2 rings (SSSR count). The highest BCUT2D eigenvalue weighted by Gasteiger charge is 2.35. The van der Waals surface area contributed by atoms with Gasteiger partial charge in [0.25, 0.3) is 0 Å². The summed E-state index contributed by atoms with van der Waals surface area (Å²) in [5.74, 6) is 0. The normalized spacial score (nSPS) is 19.2. The van der Waals surface area contributed by atoms with Gasteiger partial charge in [-0.25, -0.2) is 4.39 Å². The first kappa shape index (κ1) is 14.0. The number of nitrogens with two attached hydrogens (primary N) is 1. The first-order valence-electron chi connectivity index (χ1n) is 6.58. The summed E-state index contributed by atoms with van der Waals surface area (Å²) in [4.78, 5) is 0. The van der Waals surface area contributed by atoms with Gasteiger partial charge in [-0.15, -0.1) is 0 Å². The van der Waals surface area contributed by atoms with Crippen molar-refractivity contribution < 1.29 is 4.39 Å². The lowest BCUT2D eigenvalue weighted by atomic mass is 9.78. The van der Waals surface area contributed by atoms with E-state index in [0.717, 1.165) is 17.3 Å². The number of alkyl halides is 1. The molecule has 2 N–H and O–H groups in total. The fourth-order valence-electron chi connectivity index (χ4n) is 2.99. The molecular formula is C15H21BrFN. The Morgan fingerprint density at radius 3 is 2.39 bits per heavy atom. The van der Waals surface area contributed by atoms with Crippen molar-refractivity contribution in [2.24, 2.45) is 5.73 Å². The molecule has 0 aliphatic heterocycles. The van der Waals surface area contributed by atoms with Crippen LogP contribution in [-0.4, -0.2) is 6.54 Å². The summed E-state index contributed by atoms with van der Waals surface area (Å²) in [7, 11) is 0. The molecule has 0 atom stereocenters. The lowest BCUT2D eigenvalue weighted by Gasteiger charge is -2.29. The predicted molar refractivity (Wildman–Crippen MR) is 77.5 cm³/mol. The maximum absolute atomic E-state index is 14.0. The zero-order chi connectivity index (χ0) is 13.4. The van der Waals surface area contributed by atoms with Crippen LogP contribution in [0.1, 0.15) is 50.7 Å². The highest BCUT2D eigenvalue weighted by atomic mass is 79.9. The molecule has 0 amide bonds. The Balaban J connectivity index is 2.40. The van der Waals surface area contributed by atoms with Crippen LogP contribution in [0, 0.1) is 0 Å². The van der Waals surface area contributed by atoms with Crippen LogP contribution in [0.15, 0.2) is 22.7 Å². The Morgan fingerprint density at radius 1 is 1.33 bits per heavy atom. The first-order chi connectivity index (χ1) is 8.39. The van der Waals surface area contributed by atoms with Crippen LogP contribution in [-0.2, 0) is 11.1 Å². The van der Waals surface area contributed by atoms with Gasteiger partial charge < -0.3 is 5.73 Å². The van der Waals surface area contributed by atoms with Gasteiger partial charge >= 0.3 is 0 Å². The lowest BCUT2D eigenvalue weighted by Crippen LogP contribution is -2.32.